The van der Waals surface area contributed by atoms with E-state index in [2.05, 4.69) is 22.3 Å². The number of aromatic nitrogens is 2. The Hall–Kier alpha value is -2.34. The topological polar surface area (TPSA) is 85.7 Å². The van der Waals surface area contributed by atoms with Gasteiger partial charge in [-0.3, -0.25) is 0 Å². The number of rotatable bonds is 3. The van der Waals surface area contributed by atoms with Crippen LogP contribution in [0.1, 0.15) is 23.1 Å². The predicted octanol–water partition coefficient (Wildman–Crippen LogP) is 1.29. The van der Waals surface area contributed by atoms with Gasteiger partial charge in [-0.25, -0.2) is 4.98 Å². The molecule has 0 bridgehead atoms. The number of nitrogens with zero attached hydrogens (tertiary/aromatic N) is 3. The third-order valence-electron chi connectivity index (χ3n) is 3.51. The van der Waals surface area contributed by atoms with Crippen molar-refractivity contribution in [2.45, 2.75) is 19.1 Å². The molecule has 20 heavy (non-hydrogen) atoms. The minimum Gasteiger partial charge on any atom is -0.409 e. The number of oxime groups is 1. The highest BCUT2D eigenvalue weighted by atomic mass is 16.5. The normalized spacial score (nSPS) is 18.8. The van der Waals surface area contributed by atoms with Gasteiger partial charge in [-0.05, 0) is 17.5 Å². The van der Waals surface area contributed by atoms with Crippen molar-refractivity contribution in [3.63, 3.8) is 0 Å². The zero-order valence-corrected chi connectivity index (χ0v) is 10.9. The number of imidazole rings is 1. The van der Waals surface area contributed by atoms with Crippen LogP contribution >= 0.6 is 0 Å². The second-order valence-corrected chi connectivity index (χ2v) is 4.70. The zero-order valence-electron chi connectivity index (χ0n) is 10.9. The highest BCUT2D eigenvalue weighted by molar-refractivity contribution is 5.93. The van der Waals surface area contributed by atoms with Crippen molar-refractivity contribution in [2.24, 2.45) is 10.9 Å². The molecule has 0 aliphatic carbocycles. The third kappa shape index (κ3) is 2.25. The molecule has 1 aliphatic heterocycles. The van der Waals surface area contributed by atoms with E-state index in [-0.39, 0.29) is 11.9 Å². The van der Waals surface area contributed by atoms with Crippen LogP contribution in [0.5, 0.6) is 0 Å². The minimum absolute atomic E-state index is 0.000838. The van der Waals surface area contributed by atoms with Crippen LogP contribution in [0, 0.1) is 0 Å². The highest BCUT2D eigenvalue weighted by Crippen LogP contribution is 2.28. The van der Waals surface area contributed by atoms with Crippen LogP contribution in [0.25, 0.3) is 0 Å². The van der Waals surface area contributed by atoms with Gasteiger partial charge < -0.3 is 20.2 Å². The van der Waals surface area contributed by atoms with E-state index >= 15 is 0 Å². The summed E-state index contributed by atoms with van der Waals surface area (Å²) in [6.45, 7) is 1.29. The third-order valence-corrected chi connectivity index (χ3v) is 3.51. The van der Waals surface area contributed by atoms with Crippen LogP contribution in [-0.2, 0) is 17.7 Å². The number of hydrogen-bond donors (Lipinski definition) is 2. The lowest BCUT2D eigenvalue weighted by Gasteiger charge is -2.26. The van der Waals surface area contributed by atoms with Crippen LogP contribution in [0.4, 0.5) is 0 Å². The van der Waals surface area contributed by atoms with E-state index in [4.69, 9.17) is 15.7 Å². The summed E-state index contributed by atoms with van der Waals surface area (Å²) >= 11 is 0. The molecule has 6 heteroatoms. The Balaban J connectivity index is 1.88. The second kappa shape index (κ2) is 5.34. The fourth-order valence-electron chi connectivity index (χ4n) is 2.54. The van der Waals surface area contributed by atoms with Crippen molar-refractivity contribution in [3.05, 3.63) is 53.6 Å². The van der Waals surface area contributed by atoms with Gasteiger partial charge in [0.05, 0.1) is 13.2 Å². The Kier molecular flexibility index (Phi) is 3.39. The molecule has 0 amide bonds. The number of nitrogens with two attached hydrogens (primary N) is 1. The average Bonchev–Trinajstić information content (AvgIpc) is 2.95. The van der Waals surface area contributed by atoms with Gasteiger partial charge in [-0.2, -0.15) is 0 Å². The molecule has 2 heterocycles. The average molecular weight is 272 g/mol. The van der Waals surface area contributed by atoms with E-state index in [9.17, 15) is 0 Å². The molecule has 1 atom stereocenters. The molecule has 0 saturated heterocycles. The van der Waals surface area contributed by atoms with Crippen LogP contribution in [-0.4, -0.2) is 27.2 Å². The lowest BCUT2D eigenvalue weighted by molar-refractivity contribution is 0.0305. The second-order valence-electron chi connectivity index (χ2n) is 4.70. The standard InChI is InChI=1S/C14H16N4O2/c15-13(17-19)14-16-6-7-18(14)9-12-11-4-2-1-3-10(11)5-8-20-12/h1-4,6-7,12,19H,5,8-9H2,(H2,15,17). The fraction of sp³-hybridized carbons (Fsp3) is 0.286. The summed E-state index contributed by atoms with van der Waals surface area (Å²) < 4.78 is 7.69. The molecule has 0 saturated carbocycles. The lowest BCUT2D eigenvalue weighted by Crippen LogP contribution is -2.24. The van der Waals surface area contributed by atoms with E-state index in [1.165, 1.54) is 11.1 Å². The molecule has 6 nitrogen and oxygen atoms in total. The molecule has 1 aliphatic rings. The van der Waals surface area contributed by atoms with Gasteiger partial charge >= 0.3 is 0 Å². The molecular weight excluding hydrogens is 256 g/mol. The van der Waals surface area contributed by atoms with Crippen molar-refractivity contribution >= 4 is 5.84 Å². The van der Waals surface area contributed by atoms with Crippen molar-refractivity contribution in [1.29, 1.82) is 0 Å². The molecule has 1 unspecified atom stereocenters. The van der Waals surface area contributed by atoms with Crippen molar-refractivity contribution in [1.82, 2.24) is 9.55 Å². The fourth-order valence-corrected chi connectivity index (χ4v) is 2.54. The van der Waals surface area contributed by atoms with Crippen LogP contribution in [0.3, 0.4) is 0 Å². The van der Waals surface area contributed by atoms with Crippen LogP contribution in [0.15, 0.2) is 41.8 Å². The first-order valence-corrected chi connectivity index (χ1v) is 6.48. The maximum atomic E-state index is 8.77. The monoisotopic (exact) mass is 272 g/mol. The first-order valence-electron chi connectivity index (χ1n) is 6.48. The van der Waals surface area contributed by atoms with Gasteiger partial charge in [0.1, 0.15) is 6.10 Å². The van der Waals surface area contributed by atoms with Gasteiger partial charge in [0.15, 0.2) is 5.82 Å². The van der Waals surface area contributed by atoms with E-state index in [0.717, 1.165) is 6.42 Å². The van der Waals surface area contributed by atoms with Gasteiger partial charge in [-0.1, -0.05) is 29.4 Å². The number of amidine groups is 1. The highest BCUT2D eigenvalue weighted by Gasteiger charge is 2.22. The van der Waals surface area contributed by atoms with Gasteiger partial charge in [0.25, 0.3) is 0 Å². The number of hydrogen-bond acceptors (Lipinski definition) is 4. The first-order chi connectivity index (χ1) is 9.79. The molecule has 1 aromatic carbocycles. The number of fused-ring (bicyclic) bond motifs is 1. The van der Waals surface area contributed by atoms with E-state index in [0.29, 0.717) is 19.0 Å². The smallest absolute Gasteiger partial charge is 0.206 e. The molecule has 1 aromatic heterocycles. The Morgan fingerprint density at radius 1 is 1.50 bits per heavy atom. The number of ether oxygens (including phenoxy) is 1. The summed E-state index contributed by atoms with van der Waals surface area (Å²) in [4.78, 5) is 4.10. The Morgan fingerprint density at radius 2 is 2.35 bits per heavy atom. The quantitative estimate of drug-likeness (QED) is 0.381. The molecule has 2 aromatic rings. The summed E-state index contributed by atoms with van der Waals surface area (Å²) in [7, 11) is 0. The molecule has 0 fully saturated rings. The van der Waals surface area contributed by atoms with E-state index in [1.807, 2.05) is 16.7 Å². The van der Waals surface area contributed by atoms with Crippen molar-refractivity contribution in [2.75, 3.05) is 6.61 Å². The summed E-state index contributed by atoms with van der Waals surface area (Å²) in [6, 6.07) is 8.27. The Morgan fingerprint density at radius 3 is 3.20 bits per heavy atom. The van der Waals surface area contributed by atoms with Crippen molar-refractivity contribution in [3.8, 4) is 0 Å². The summed E-state index contributed by atoms with van der Waals surface area (Å²) in [5.74, 6) is 0.443. The van der Waals surface area contributed by atoms with Gasteiger partial charge in [0.2, 0.25) is 5.84 Å². The largest absolute Gasteiger partial charge is 0.409 e. The van der Waals surface area contributed by atoms with E-state index in [1.54, 1.807) is 12.4 Å². The molecule has 0 spiro atoms. The maximum Gasteiger partial charge on any atom is 0.206 e. The Bertz CT molecular complexity index is 636. The van der Waals surface area contributed by atoms with Crippen LogP contribution < -0.4 is 5.73 Å². The van der Waals surface area contributed by atoms with Gasteiger partial charge in [-0.15, -0.1) is 0 Å². The van der Waals surface area contributed by atoms with Crippen molar-refractivity contribution < 1.29 is 9.94 Å². The SMILES string of the molecule is N/C(=N/O)c1nccn1CC1OCCc2ccccc21. The first kappa shape index (κ1) is 12.7. The lowest BCUT2D eigenvalue weighted by atomic mass is 9.97. The molecule has 3 rings (SSSR count). The predicted molar refractivity (Wildman–Crippen MR) is 73.6 cm³/mol. The molecule has 104 valence electrons. The molecular formula is C14H16N4O2. The minimum atomic E-state index is -0.0422. The summed E-state index contributed by atoms with van der Waals surface area (Å²) in [5, 5.41) is 11.8. The molecule has 0 radical (unpaired) electrons. The van der Waals surface area contributed by atoms with Crippen LogP contribution in [0.2, 0.25) is 0 Å². The van der Waals surface area contributed by atoms with Gasteiger partial charge in [0, 0.05) is 12.4 Å². The number of benzene rings is 1. The summed E-state index contributed by atoms with van der Waals surface area (Å²) in [6.07, 6.45) is 4.32. The summed E-state index contributed by atoms with van der Waals surface area (Å²) in [5.41, 5.74) is 8.12. The molecule has 3 N–H and O–H groups in total. The van der Waals surface area contributed by atoms with E-state index < -0.39 is 0 Å². The maximum absolute atomic E-state index is 8.77. The Labute approximate surface area is 116 Å². The zero-order chi connectivity index (χ0) is 13.9.